The summed E-state index contributed by atoms with van der Waals surface area (Å²) in [6, 6.07) is 7.96. The molecule has 0 amide bonds. The molecule has 8 nitrogen and oxygen atoms in total. The highest BCUT2D eigenvalue weighted by Gasteiger charge is 2.71. The van der Waals surface area contributed by atoms with Gasteiger partial charge in [0.2, 0.25) is 0 Å². The lowest BCUT2D eigenvalue weighted by atomic mass is 9.76. The van der Waals surface area contributed by atoms with Crippen molar-refractivity contribution in [1.29, 1.82) is 0 Å². The summed E-state index contributed by atoms with van der Waals surface area (Å²) < 4.78 is 30.6. The van der Waals surface area contributed by atoms with Crippen LogP contribution in [-0.2, 0) is 25.8 Å². The van der Waals surface area contributed by atoms with Gasteiger partial charge in [0.25, 0.3) is 11.6 Å². The summed E-state index contributed by atoms with van der Waals surface area (Å²) in [5.74, 6) is -3.58. The van der Waals surface area contributed by atoms with Gasteiger partial charge >= 0.3 is 0 Å². The Bertz CT molecular complexity index is 1180. The highest BCUT2D eigenvalue weighted by Crippen LogP contribution is 2.62. The molecule has 0 unspecified atom stereocenters. The Labute approximate surface area is 181 Å². The van der Waals surface area contributed by atoms with Gasteiger partial charge in [-0.25, -0.2) is 0 Å². The summed E-state index contributed by atoms with van der Waals surface area (Å²) in [5.41, 5.74) is 0.990. The fourth-order valence-corrected chi connectivity index (χ4v) is 5.58. The maximum Gasteiger partial charge on any atom is 0.273 e. The van der Waals surface area contributed by atoms with Crippen LogP contribution in [0.4, 0.5) is 0 Å². The third-order valence-corrected chi connectivity index (χ3v) is 6.89. The number of Topliss-reactive ketones (excluding diaryl/α,β-unsaturated/α-hetero) is 2. The van der Waals surface area contributed by atoms with Crippen LogP contribution in [0, 0.1) is 0 Å². The Kier molecular flexibility index (Phi) is 3.68. The van der Waals surface area contributed by atoms with E-state index in [1.807, 2.05) is 0 Å². The van der Waals surface area contributed by atoms with Gasteiger partial charge in [-0.1, -0.05) is 12.1 Å². The third-order valence-electron chi connectivity index (χ3n) is 6.47. The maximum atomic E-state index is 13.0. The predicted molar refractivity (Wildman–Crippen MR) is 105 cm³/mol. The van der Waals surface area contributed by atoms with E-state index in [9.17, 15) is 14.7 Å². The minimum absolute atomic E-state index is 0.0180. The number of carbonyl (C=O) groups is 2. The van der Waals surface area contributed by atoms with E-state index in [-0.39, 0.29) is 34.8 Å². The minimum Gasteiger partial charge on any atom is -0.507 e. The summed E-state index contributed by atoms with van der Waals surface area (Å²) in [6.07, 6.45) is -1.85. The smallest absolute Gasteiger partial charge is 0.273 e. The molecule has 2 bridgehead atoms. The van der Waals surface area contributed by atoms with Crippen LogP contribution in [-0.4, -0.2) is 48.5 Å². The first kappa shape index (κ1) is 19.1. The van der Waals surface area contributed by atoms with Crippen LogP contribution in [0.1, 0.15) is 38.3 Å². The van der Waals surface area contributed by atoms with E-state index >= 15 is 0 Å². The van der Waals surface area contributed by atoms with Gasteiger partial charge in [-0.3, -0.25) is 14.3 Å². The minimum atomic E-state index is -1.71. The first-order chi connectivity index (χ1) is 14.9. The van der Waals surface area contributed by atoms with Gasteiger partial charge in [-0.2, -0.15) is 0 Å². The largest absolute Gasteiger partial charge is 0.507 e. The molecule has 9 heteroatoms. The second kappa shape index (κ2) is 5.98. The Morgan fingerprint density at radius 1 is 1.03 bits per heavy atom. The fraction of sp³-hybridized carbons (Fsp3) is 0.364. The lowest BCUT2D eigenvalue weighted by molar-refractivity contribution is -0.407. The molecule has 0 saturated carbocycles. The molecule has 2 aliphatic heterocycles. The molecule has 5 atom stereocenters. The SMILES string of the molecule is CO[C@@H]1[C@H](Cl)C(=O)c2c(O)ccc3c2[C@]12Oc1cccc4c1[C@](O3)(O2)[C@H](OC)CC4=O. The maximum absolute atomic E-state index is 13.0. The Morgan fingerprint density at radius 3 is 2.52 bits per heavy atom. The van der Waals surface area contributed by atoms with E-state index in [2.05, 4.69) is 0 Å². The van der Waals surface area contributed by atoms with E-state index in [1.54, 1.807) is 18.2 Å². The molecule has 0 aromatic heterocycles. The molecule has 0 radical (unpaired) electrons. The normalized spacial score (nSPS) is 34.4. The van der Waals surface area contributed by atoms with Gasteiger partial charge in [0.1, 0.15) is 28.7 Å². The summed E-state index contributed by atoms with van der Waals surface area (Å²) in [6.45, 7) is 0. The average Bonchev–Trinajstić information content (AvgIpc) is 2.75. The first-order valence-corrected chi connectivity index (χ1v) is 10.2. The number of methoxy groups -OCH3 is 2. The molecule has 2 aliphatic carbocycles. The zero-order chi connectivity index (χ0) is 21.7. The first-order valence-electron chi connectivity index (χ1n) is 9.73. The summed E-state index contributed by atoms with van der Waals surface area (Å²) in [7, 11) is 2.87. The summed E-state index contributed by atoms with van der Waals surface area (Å²) in [4.78, 5) is 25.8. The van der Waals surface area contributed by atoms with Crippen LogP contribution >= 0.6 is 11.6 Å². The fourth-order valence-electron chi connectivity index (χ4n) is 5.20. The van der Waals surface area contributed by atoms with Crippen molar-refractivity contribution in [2.75, 3.05) is 14.2 Å². The number of carbonyl (C=O) groups excluding carboxylic acids is 2. The molecule has 2 spiro atoms. The average molecular weight is 445 g/mol. The molecule has 6 rings (SSSR count). The van der Waals surface area contributed by atoms with Gasteiger partial charge in [0.05, 0.1) is 16.7 Å². The second-order valence-corrected chi connectivity index (χ2v) is 8.40. The molecule has 160 valence electrons. The van der Waals surface area contributed by atoms with Crippen LogP contribution in [0.3, 0.4) is 0 Å². The number of benzene rings is 2. The van der Waals surface area contributed by atoms with Crippen molar-refractivity contribution in [2.45, 2.75) is 35.6 Å². The number of phenolic OH excluding ortho intramolecular Hbond substituents is 1. The Morgan fingerprint density at radius 2 is 1.77 bits per heavy atom. The molecule has 0 saturated heterocycles. The zero-order valence-electron chi connectivity index (χ0n) is 16.5. The number of rotatable bonds is 2. The highest BCUT2D eigenvalue weighted by atomic mass is 35.5. The van der Waals surface area contributed by atoms with Gasteiger partial charge in [0.15, 0.2) is 17.7 Å². The zero-order valence-corrected chi connectivity index (χ0v) is 17.3. The lowest BCUT2D eigenvalue weighted by Gasteiger charge is -2.58. The molecule has 31 heavy (non-hydrogen) atoms. The van der Waals surface area contributed by atoms with E-state index in [1.165, 1.54) is 26.4 Å². The number of phenols is 1. The molecular weight excluding hydrogens is 428 g/mol. The second-order valence-electron chi connectivity index (χ2n) is 7.93. The van der Waals surface area contributed by atoms with E-state index in [0.29, 0.717) is 16.9 Å². The number of halogens is 1. The predicted octanol–water partition coefficient (Wildman–Crippen LogP) is 2.62. The third kappa shape index (κ3) is 2.06. The monoisotopic (exact) mass is 444 g/mol. The molecule has 2 aromatic carbocycles. The van der Waals surface area contributed by atoms with Crippen molar-refractivity contribution in [3.8, 4) is 17.2 Å². The molecule has 0 fully saturated rings. The van der Waals surface area contributed by atoms with Crippen LogP contribution in [0.2, 0.25) is 0 Å². The van der Waals surface area contributed by atoms with Crippen molar-refractivity contribution in [2.24, 2.45) is 0 Å². The van der Waals surface area contributed by atoms with Gasteiger partial charge in [-0.15, -0.1) is 11.6 Å². The van der Waals surface area contributed by atoms with Crippen molar-refractivity contribution in [1.82, 2.24) is 0 Å². The molecule has 2 heterocycles. The lowest BCUT2D eigenvalue weighted by Crippen LogP contribution is -2.69. The number of hydrogen-bond acceptors (Lipinski definition) is 8. The van der Waals surface area contributed by atoms with Crippen molar-refractivity contribution in [3.05, 3.63) is 52.6 Å². The van der Waals surface area contributed by atoms with Gasteiger partial charge in [0, 0.05) is 26.2 Å². The number of ketones is 2. The topological polar surface area (TPSA) is 101 Å². The van der Waals surface area contributed by atoms with Crippen molar-refractivity contribution >= 4 is 23.2 Å². The van der Waals surface area contributed by atoms with Gasteiger partial charge in [-0.05, 0) is 18.2 Å². The van der Waals surface area contributed by atoms with E-state index < -0.39 is 34.9 Å². The van der Waals surface area contributed by atoms with Crippen LogP contribution in [0.5, 0.6) is 17.2 Å². The number of hydrogen-bond donors (Lipinski definition) is 1. The number of ether oxygens (including phenoxy) is 5. The molecule has 1 N–H and O–H groups in total. The van der Waals surface area contributed by atoms with Crippen LogP contribution < -0.4 is 9.47 Å². The number of aromatic hydroxyl groups is 1. The standard InChI is InChI=1S/C22H17ClO8/c1-27-14-8-11(25)9-4-3-5-12-16(9)21(14)29-13-7-6-10(24)15-17(13)22(30-12,31-21)20(28-2)18(23)19(15)26/h3-7,14,18,20,24H,8H2,1-2H3/t14-,18-,20-,21-,22-/m1/s1. The molecule has 4 aliphatic rings. The summed E-state index contributed by atoms with van der Waals surface area (Å²) >= 11 is 6.51. The van der Waals surface area contributed by atoms with Crippen molar-refractivity contribution in [3.63, 3.8) is 0 Å². The Balaban J connectivity index is 1.74. The summed E-state index contributed by atoms with van der Waals surface area (Å²) in [5, 5.41) is 9.30. The molecular formula is C22H17ClO8. The quantitative estimate of drug-likeness (QED) is 0.705. The van der Waals surface area contributed by atoms with Crippen LogP contribution in [0.15, 0.2) is 30.3 Å². The van der Waals surface area contributed by atoms with Crippen molar-refractivity contribution < 1.29 is 38.4 Å². The van der Waals surface area contributed by atoms with Crippen LogP contribution in [0.25, 0.3) is 0 Å². The molecule has 2 aromatic rings. The number of alkyl halides is 1. The Hall–Kier alpha value is -2.65. The van der Waals surface area contributed by atoms with E-state index in [4.69, 9.17) is 35.3 Å². The highest BCUT2D eigenvalue weighted by molar-refractivity contribution is 6.35. The van der Waals surface area contributed by atoms with Gasteiger partial charge < -0.3 is 24.1 Å². The van der Waals surface area contributed by atoms with E-state index in [0.717, 1.165) is 0 Å².